The van der Waals surface area contributed by atoms with Gasteiger partial charge in [-0.2, -0.15) is 0 Å². The zero-order valence-electron chi connectivity index (χ0n) is 10.00. The van der Waals surface area contributed by atoms with Gasteiger partial charge in [0, 0.05) is 5.56 Å². The zero-order valence-corrected chi connectivity index (χ0v) is 10.00. The number of benzene rings is 1. The molecule has 2 aliphatic rings. The van der Waals surface area contributed by atoms with E-state index in [2.05, 4.69) is 5.16 Å². The van der Waals surface area contributed by atoms with Gasteiger partial charge in [0.15, 0.2) is 0 Å². The summed E-state index contributed by atoms with van der Waals surface area (Å²) < 4.78 is 4.93. The Balaban J connectivity index is 1.80. The molecule has 4 rings (SSSR count). The molecular formula is C14H10N2O3. The highest BCUT2D eigenvalue weighted by molar-refractivity contribution is 6.21. The number of hydrogen-bond donors (Lipinski definition) is 0. The van der Waals surface area contributed by atoms with Crippen molar-refractivity contribution in [3.05, 3.63) is 52.9 Å². The van der Waals surface area contributed by atoms with Crippen molar-refractivity contribution in [1.82, 2.24) is 10.1 Å². The number of carbonyl (C=O) groups is 2. The molecule has 2 heterocycles. The Morgan fingerprint density at radius 1 is 1.16 bits per heavy atom. The van der Waals surface area contributed by atoms with Gasteiger partial charge in [-0.05, 0) is 25.0 Å². The highest BCUT2D eigenvalue weighted by atomic mass is 16.5. The number of nitrogens with zero attached hydrogens (tertiary/aromatic N) is 2. The lowest BCUT2D eigenvalue weighted by Crippen LogP contribution is -2.33. The Hall–Kier alpha value is -2.43. The monoisotopic (exact) mass is 254 g/mol. The second kappa shape index (κ2) is 3.54. The van der Waals surface area contributed by atoms with Crippen LogP contribution >= 0.6 is 0 Å². The third kappa shape index (κ3) is 1.27. The van der Waals surface area contributed by atoms with Gasteiger partial charge in [0.05, 0.1) is 17.2 Å². The lowest BCUT2D eigenvalue weighted by Gasteiger charge is -2.20. The van der Waals surface area contributed by atoms with Gasteiger partial charge in [0.1, 0.15) is 12.0 Å². The van der Waals surface area contributed by atoms with Crippen molar-refractivity contribution in [2.75, 3.05) is 0 Å². The summed E-state index contributed by atoms with van der Waals surface area (Å²) in [6, 6.07) is 6.62. The van der Waals surface area contributed by atoms with Crippen LogP contribution in [0.1, 0.15) is 44.4 Å². The number of amides is 2. The quantitative estimate of drug-likeness (QED) is 0.730. The van der Waals surface area contributed by atoms with E-state index in [1.54, 1.807) is 30.5 Å². The minimum atomic E-state index is -0.291. The van der Waals surface area contributed by atoms with E-state index in [1.165, 1.54) is 4.90 Å². The molecule has 2 amide bonds. The number of carbonyl (C=O) groups excluding carboxylic acids is 2. The number of aromatic nitrogens is 1. The van der Waals surface area contributed by atoms with Gasteiger partial charge in [0.25, 0.3) is 11.8 Å². The van der Waals surface area contributed by atoms with E-state index in [1.807, 2.05) is 0 Å². The first-order chi connectivity index (χ1) is 9.27. The molecule has 19 heavy (non-hydrogen) atoms. The van der Waals surface area contributed by atoms with Gasteiger partial charge >= 0.3 is 0 Å². The van der Waals surface area contributed by atoms with E-state index in [-0.39, 0.29) is 17.9 Å². The molecule has 2 aromatic rings. The molecule has 1 aromatic heterocycles. The molecule has 5 nitrogen and oxygen atoms in total. The average molecular weight is 254 g/mol. The molecule has 0 N–H and O–H groups in total. The molecule has 1 aliphatic carbocycles. The summed E-state index contributed by atoms with van der Waals surface area (Å²) in [6.07, 6.45) is 3.10. The fourth-order valence-corrected chi connectivity index (χ4v) is 2.90. The highest BCUT2D eigenvalue weighted by Crippen LogP contribution is 2.39. The summed E-state index contributed by atoms with van der Waals surface area (Å²) in [5.74, 6) is -0.470. The topological polar surface area (TPSA) is 63.4 Å². The van der Waals surface area contributed by atoms with Crippen molar-refractivity contribution in [1.29, 1.82) is 0 Å². The van der Waals surface area contributed by atoms with E-state index < -0.39 is 0 Å². The third-order valence-corrected chi connectivity index (χ3v) is 3.81. The minimum absolute atomic E-state index is 0.235. The van der Waals surface area contributed by atoms with Crippen LogP contribution in [0.3, 0.4) is 0 Å². The molecule has 0 spiro atoms. The summed E-state index contributed by atoms with van der Waals surface area (Å²) in [5.41, 5.74) is 2.66. The number of aryl methyl sites for hydroxylation is 1. The standard InChI is InChI=1S/C14H10N2O3/c17-13-9-3-1-2-4-10(9)14(18)16(13)11-6-5-8-7-19-15-12(8)11/h1-4,7,11H,5-6H2. The largest absolute Gasteiger partial charge is 0.364 e. The van der Waals surface area contributed by atoms with Crippen molar-refractivity contribution in [2.24, 2.45) is 0 Å². The Morgan fingerprint density at radius 2 is 1.84 bits per heavy atom. The molecule has 0 saturated heterocycles. The van der Waals surface area contributed by atoms with Crippen molar-refractivity contribution in [2.45, 2.75) is 18.9 Å². The minimum Gasteiger partial charge on any atom is -0.364 e. The normalized spacial score (nSPS) is 20.8. The summed E-state index contributed by atoms with van der Waals surface area (Å²) in [5, 5.41) is 3.93. The number of hydrogen-bond acceptors (Lipinski definition) is 4. The third-order valence-electron chi connectivity index (χ3n) is 3.81. The maximum atomic E-state index is 12.4. The Kier molecular flexibility index (Phi) is 1.95. The first-order valence-corrected chi connectivity index (χ1v) is 6.17. The molecule has 1 aliphatic heterocycles. The predicted molar refractivity (Wildman–Crippen MR) is 64.5 cm³/mol. The molecule has 1 unspecified atom stereocenters. The van der Waals surface area contributed by atoms with Crippen LogP contribution in [0.25, 0.3) is 0 Å². The van der Waals surface area contributed by atoms with Crippen LogP contribution in [0.15, 0.2) is 35.1 Å². The SMILES string of the molecule is O=C1c2ccccc2C(=O)N1C1CCc2conc21. The summed E-state index contributed by atoms with van der Waals surface area (Å²) in [7, 11) is 0. The molecule has 94 valence electrons. The predicted octanol–water partition coefficient (Wildman–Crippen LogP) is 1.96. The fraction of sp³-hybridized carbons (Fsp3) is 0.214. The second-order valence-corrected chi connectivity index (χ2v) is 4.81. The van der Waals surface area contributed by atoms with Gasteiger partial charge in [-0.25, -0.2) is 0 Å². The van der Waals surface area contributed by atoms with Crippen molar-refractivity contribution < 1.29 is 14.1 Å². The van der Waals surface area contributed by atoms with Crippen molar-refractivity contribution in [3.63, 3.8) is 0 Å². The van der Waals surface area contributed by atoms with Crippen molar-refractivity contribution >= 4 is 11.8 Å². The van der Waals surface area contributed by atoms with Crippen LogP contribution in [0.4, 0.5) is 0 Å². The Morgan fingerprint density at radius 3 is 2.53 bits per heavy atom. The van der Waals surface area contributed by atoms with Gasteiger partial charge < -0.3 is 4.52 Å². The highest BCUT2D eigenvalue weighted by Gasteiger charge is 2.43. The summed E-state index contributed by atoms with van der Waals surface area (Å²) >= 11 is 0. The average Bonchev–Trinajstić information content (AvgIpc) is 3.08. The molecule has 0 fully saturated rings. The van der Waals surface area contributed by atoms with Crippen LogP contribution < -0.4 is 0 Å². The van der Waals surface area contributed by atoms with Gasteiger partial charge in [-0.1, -0.05) is 17.3 Å². The molecule has 0 bridgehead atoms. The van der Waals surface area contributed by atoms with Crippen LogP contribution in [0.2, 0.25) is 0 Å². The lowest BCUT2D eigenvalue weighted by molar-refractivity contribution is 0.0576. The smallest absolute Gasteiger partial charge is 0.262 e. The summed E-state index contributed by atoms with van der Waals surface area (Å²) in [6.45, 7) is 0. The van der Waals surface area contributed by atoms with E-state index in [0.717, 1.165) is 24.1 Å². The van der Waals surface area contributed by atoms with Crippen LogP contribution in [-0.4, -0.2) is 21.9 Å². The Labute approximate surface area is 108 Å². The maximum absolute atomic E-state index is 12.4. The molecular weight excluding hydrogens is 244 g/mol. The second-order valence-electron chi connectivity index (χ2n) is 4.81. The molecule has 5 heteroatoms. The number of imide groups is 1. The maximum Gasteiger partial charge on any atom is 0.262 e. The number of fused-ring (bicyclic) bond motifs is 2. The lowest BCUT2D eigenvalue weighted by atomic mass is 10.1. The zero-order chi connectivity index (χ0) is 13.0. The molecule has 0 saturated carbocycles. The van der Waals surface area contributed by atoms with Gasteiger partial charge in [-0.15, -0.1) is 0 Å². The first kappa shape index (κ1) is 10.5. The first-order valence-electron chi connectivity index (χ1n) is 6.17. The van der Waals surface area contributed by atoms with Gasteiger partial charge in [-0.3, -0.25) is 14.5 Å². The molecule has 1 atom stereocenters. The van der Waals surface area contributed by atoms with Crippen LogP contribution in [0, 0.1) is 0 Å². The number of rotatable bonds is 1. The van der Waals surface area contributed by atoms with E-state index in [0.29, 0.717) is 11.1 Å². The Bertz CT molecular complexity index is 669. The van der Waals surface area contributed by atoms with Crippen LogP contribution in [0.5, 0.6) is 0 Å². The van der Waals surface area contributed by atoms with Crippen LogP contribution in [-0.2, 0) is 6.42 Å². The van der Waals surface area contributed by atoms with E-state index >= 15 is 0 Å². The summed E-state index contributed by atoms with van der Waals surface area (Å²) in [4.78, 5) is 26.1. The van der Waals surface area contributed by atoms with E-state index in [9.17, 15) is 9.59 Å². The molecule has 1 aromatic carbocycles. The fourth-order valence-electron chi connectivity index (χ4n) is 2.90. The van der Waals surface area contributed by atoms with Gasteiger partial charge in [0.2, 0.25) is 0 Å². The van der Waals surface area contributed by atoms with E-state index in [4.69, 9.17) is 4.52 Å². The van der Waals surface area contributed by atoms with Crippen molar-refractivity contribution in [3.8, 4) is 0 Å². The molecule has 0 radical (unpaired) electrons.